The third-order valence-corrected chi connectivity index (χ3v) is 4.24. The zero-order valence-electron chi connectivity index (χ0n) is 12.8. The molecule has 2 N–H and O–H groups in total. The van der Waals surface area contributed by atoms with Crippen molar-refractivity contribution in [3.63, 3.8) is 0 Å². The van der Waals surface area contributed by atoms with Gasteiger partial charge in [-0.05, 0) is 37.4 Å². The molecule has 1 heterocycles. The van der Waals surface area contributed by atoms with E-state index in [1.54, 1.807) is 14.2 Å². The molecule has 4 heteroatoms. The molecule has 1 aromatic carbocycles. The van der Waals surface area contributed by atoms with Crippen LogP contribution in [-0.4, -0.2) is 31.7 Å². The van der Waals surface area contributed by atoms with Crippen molar-refractivity contribution < 1.29 is 9.47 Å². The van der Waals surface area contributed by atoms with E-state index in [2.05, 4.69) is 11.8 Å². The molecule has 0 aromatic heterocycles. The number of piperidine rings is 1. The van der Waals surface area contributed by atoms with E-state index >= 15 is 0 Å². The fourth-order valence-corrected chi connectivity index (χ4v) is 3.02. The Bertz CT molecular complexity index is 448. The van der Waals surface area contributed by atoms with Crippen molar-refractivity contribution in [1.29, 1.82) is 0 Å². The van der Waals surface area contributed by atoms with Crippen molar-refractivity contribution in [2.24, 2.45) is 0 Å². The van der Waals surface area contributed by atoms with Crippen molar-refractivity contribution in [1.82, 2.24) is 4.90 Å². The topological polar surface area (TPSA) is 47.7 Å². The molecule has 0 bridgehead atoms. The lowest BCUT2D eigenvalue weighted by Crippen LogP contribution is -2.38. The highest BCUT2D eigenvalue weighted by molar-refractivity contribution is 5.57. The van der Waals surface area contributed by atoms with Crippen LogP contribution in [0.1, 0.15) is 38.2 Å². The SMILES string of the molecule is CCC1CCCCN1Cc1cc(OC)c(OC)cc1N. The Labute approximate surface area is 121 Å². The van der Waals surface area contributed by atoms with Crippen LogP contribution in [0.25, 0.3) is 0 Å². The highest BCUT2D eigenvalue weighted by Gasteiger charge is 2.22. The Morgan fingerprint density at radius 3 is 2.55 bits per heavy atom. The number of likely N-dealkylation sites (tertiary alicyclic amines) is 1. The number of anilines is 1. The molecule has 1 fully saturated rings. The predicted octanol–water partition coefficient (Wildman–Crippen LogP) is 3.05. The summed E-state index contributed by atoms with van der Waals surface area (Å²) in [6, 6.07) is 4.55. The van der Waals surface area contributed by atoms with Crippen LogP contribution in [0.2, 0.25) is 0 Å². The van der Waals surface area contributed by atoms with Gasteiger partial charge in [0.15, 0.2) is 11.5 Å². The third kappa shape index (κ3) is 3.18. The van der Waals surface area contributed by atoms with Crippen LogP contribution < -0.4 is 15.2 Å². The molecule has 1 aliphatic heterocycles. The third-order valence-electron chi connectivity index (χ3n) is 4.24. The standard InChI is InChI=1S/C16H26N2O2/c1-4-13-7-5-6-8-18(13)11-12-9-15(19-2)16(20-3)10-14(12)17/h9-10,13H,4-8,11,17H2,1-3H3. The number of rotatable bonds is 5. The summed E-state index contributed by atoms with van der Waals surface area (Å²) in [4.78, 5) is 2.54. The number of ether oxygens (including phenoxy) is 2. The molecule has 0 amide bonds. The average Bonchev–Trinajstić information content (AvgIpc) is 2.49. The molecule has 1 atom stereocenters. The number of nitrogen functional groups attached to an aromatic ring is 1. The van der Waals surface area contributed by atoms with Crippen molar-refractivity contribution in [2.75, 3.05) is 26.5 Å². The fraction of sp³-hybridized carbons (Fsp3) is 0.625. The van der Waals surface area contributed by atoms with E-state index < -0.39 is 0 Å². The summed E-state index contributed by atoms with van der Waals surface area (Å²) in [6.07, 6.45) is 5.12. The Kier molecular flexibility index (Phi) is 5.12. The summed E-state index contributed by atoms with van der Waals surface area (Å²) in [5.41, 5.74) is 8.07. The lowest BCUT2D eigenvalue weighted by molar-refractivity contribution is 0.136. The Morgan fingerprint density at radius 1 is 1.20 bits per heavy atom. The van der Waals surface area contributed by atoms with Crippen molar-refractivity contribution in [3.05, 3.63) is 17.7 Å². The van der Waals surface area contributed by atoms with Gasteiger partial charge in [0.1, 0.15) is 0 Å². The first-order chi connectivity index (χ1) is 9.69. The van der Waals surface area contributed by atoms with Gasteiger partial charge in [-0.15, -0.1) is 0 Å². The quantitative estimate of drug-likeness (QED) is 0.841. The van der Waals surface area contributed by atoms with Gasteiger partial charge in [-0.3, -0.25) is 4.90 Å². The number of hydrogen-bond donors (Lipinski definition) is 1. The number of hydrogen-bond acceptors (Lipinski definition) is 4. The summed E-state index contributed by atoms with van der Waals surface area (Å²) in [7, 11) is 3.29. The van der Waals surface area contributed by atoms with Crippen LogP contribution in [0.5, 0.6) is 11.5 Å². The first-order valence-electron chi connectivity index (χ1n) is 7.44. The van der Waals surface area contributed by atoms with Gasteiger partial charge in [0, 0.05) is 24.3 Å². The molecule has 1 aliphatic rings. The van der Waals surface area contributed by atoms with E-state index in [0.717, 1.165) is 30.1 Å². The second-order valence-corrected chi connectivity index (χ2v) is 5.43. The van der Waals surface area contributed by atoms with E-state index in [9.17, 15) is 0 Å². The number of nitrogens with zero attached hydrogens (tertiary/aromatic N) is 1. The van der Waals surface area contributed by atoms with Crippen molar-refractivity contribution in [2.45, 2.75) is 45.2 Å². The largest absolute Gasteiger partial charge is 0.493 e. The maximum Gasteiger partial charge on any atom is 0.162 e. The maximum atomic E-state index is 6.16. The van der Waals surface area contributed by atoms with E-state index in [4.69, 9.17) is 15.2 Å². The highest BCUT2D eigenvalue weighted by Crippen LogP contribution is 2.33. The summed E-state index contributed by atoms with van der Waals surface area (Å²) >= 11 is 0. The number of benzene rings is 1. The lowest BCUT2D eigenvalue weighted by Gasteiger charge is -2.35. The molecular formula is C16H26N2O2. The summed E-state index contributed by atoms with van der Waals surface area (Å²) in [5.74, 6) is 1.45. The molecule has 112 valence electrons. The first kappa shape index (κ1) is 15.0. The molecule has 0 spiro atoms. The van der Waals surface area contributed by atoms with E-state index in [0.29, 0.717) is 11.8 Å². The molecule has 4 nitrogen and oxygen atoms in total. The summed E-state index contributed by atoms with van der Waals surface area (Å²) < 4.78 is 10.7. The smallest absolute Gasteiger partial charge is 0.162 e. The zero-order chi connectivity index (χ0) is 14.5. The van der Waals surface area contributed by atoms with E-state index in [1.165, 1.54) is 25.7 Å². The van der Waals surface area contributed by atoms with Crippen LogP contribution in [0, 0.1) is 0 Å². The molecule has 0 aliphatic carbocycles. The minimum absolute atomic E-state index is 0.677. The lowest BCUT2D eigenvalue weighted by atomic mass is 9.99. The van der Waals surface area contributed by atoms with Crippen molar-refractivity contribution >= 4 is 5.69 Å². The van der Waals surface area contributed by atoms with Crippen molar-refractivity contribution in [3.8, 4) is 11.5 Å². The molecule has 1 aromatic rings. The fourth-order valence-electron chi connectivity index (χ4n) is 3.02. The Morgan fingerprint density at radius 2 is 1.90 bits per heavy atom. The molecule has 2 rings (SSSR count). The normalized spacial score (nSPS) is 19.9. The molecule has 0 saturated carbocycles. The van der Waals surface area contributed by atoms with Gasteiger partial charge in [-0.1, -0.05) is 13.3 Å². The maximum absolute atomic E-state index is 6.16. The minimum atomic E-state index is 0.677. The summed E-state index contributed by atoms with van der Waals surface area (Å²) in [6.45, 7) is 4.32. The molecule has 1 unspecified atom stereocenters. The molecule has 0 radical (unpaired) electrons. The Balaban J connectivity index is 2.19. The van der Waals surface area contributed by atoms with Gasteiger partial charge in [-0.2, -0.15) is 0 Å². The van der Waals surface area contributed by atoms with E-state index in [-0.39, 0.29) is 0 Å². The van der Waals surface area contributed by atoms with Crippen LogP contribution in [0.3, 0.4) is 0 Å². The van der Waals surface area contributed by atoms with Crippen LogP contribution in [-0.2, 0) is 6.54 Å². The van der Waals surface area contributed by atoms with E-state index in [1.807, 2.05) is 12.1 Å². The second-order valence-electron chi connectivity index (χ2n) is 5.43. The molecule has 1 saturated heterocycles. The number of methoxy groups -OCH3 is 2. The minimum Gasteiger partial charge on any atom is -0.493 e. The average molecular weight is 278 g/mol. The Hall–Kier alpha value is -1.42. The van der Waals surface area contributed by atoms with Gasteiger partial charge in [0.25, 0.3) is 0 Å². The van der Waals surface area contributed by atoms with Crippen LogP contribution in [0.4, 0.5) is 5.69 Å². The number of nitrogens with two attached hydrogens (primary N) is 1. The second kappa shape index (κ2) is 6.84. The monoisotopic (exact) mass is 278 g/mol. The van der Waals surface area contributed by atoms with Gasteiger partial charge < -0.3 is 15.2 Å². The zero-order valence-corrected chi connectivity index (χ0v) is 12.8. The van der Waals surface area contributed by atoms with Crippen LogP contribution >= 0.6 is 0 Å². The molecular weight excluding hydrogens is 252 g/mol. The first-order valence-corrected chi connectivity index (χ1v) is 7.44. The summed E-state index contributed by atoms with van der Waals surface area (Å²) in [5, 5.41) is 0. The van der Waals surface area contributed by atoms with Gasteiger partial charge in [0.05, 0.1) is 14.2 Å². The van der Waals surface area contributed by atoms with Gasteiger partial charge >= 0.3 is 0 Å². The van der Waals surface area contributed by atoms with Gasteiger partial charge in [0.2, 0.25) is 0 Å². The van der Waals surface area contributed by atoms with Gasteiger partial charge in [-0.25, -0.2) is 0 Å². The predicted molar refractivity (Wildman–Crippen MR) is 82.3 cm³/mol. The molecule has 20 heavy (non-hydrogen) atoms. The van der Waals surface area contributed by atoms with Crippen LogP contribution in [0.15, 0.2) is 12.1 Å². The highest BCUT2D eigenvalue weighted by atomic mass is 16.5.